The fourth-order valence-electron chi connectivity index (χ4n) is 4.61. The normalized spacial score (nSPS) is 19.0. The van der Waals surface area contributed by atoms with E-state index in [2.05, 4.69) is 62.4 Å². The molecule has 0 unspecified atom stereocenters. The van der Waals surface area contributed by atoms with Gasteiger partial charge in [-0.05, 0) is 60.6 Å². The van der Waals surface area contributed by atoms with Crippen LogP contribution in [0, 0.1) is 28.6 Å². The first kappa shape index (κ1) is 20.2. The number of hydrogen-bond donors (Lipinski definition) is 0. The summed E-state index contributed by atoms with van der Waals surface area (Å²) in [6, 6.07) is 17.2. The molecule has 2 aromatic carbocycles. The highest BCUT2D eigenvalue weighted by Crippen LogP contribution is 2.40. The van der Waals surface area contributed by atoms with E-state index in [4.69, 9.17) is 0 Å². The minimum absolute atomic E-state index is 0.413. The number of unbranched alkanes of at least 4 members (excludes halogenated alkanes) is 1. The van der Waals surface area contributed by atoms with Crippen LogP contribution < -0.4 is 0 Å². The fourth-order valence-corrected chi connectivity index (χ4v) is 4.61. The van der Waals surface area contributed by atoms with Crippen molar-refractivity contribution in [3.05, 3.63) is 58.7 Å². The first-order valence-corrected chi connectivity index (χ1v) is 10.8. The van der Waals surface area contributed by atoms with E-state index in [1.807, 2.05) is 0 Å². The quantitative estimate of drug-likeness (QED) is 0.543. The van der Waals surface area contributed by atoms with Crippen LogP contribution in [0.1, 0.15) is 87.0 Å². The van der Waals surface area contributed by atoms with Crippen molar-refractivity contribution in [1.82, 2.24) is 0 Å². The second kappa shape index (κ2) is 9.57. The summed E-state index contributed by atoms with van der Waals surface area (Å²) in [6.45, 7) is 4.39. The molecule has 0 spiro atoms. The second-order valence-corrected chi connectivity index (χ2v) is 8.09. The Balaban J connectivity index is 1.88. The van der Waals surface area contributed by atoms with Crippen LogP contribution in [0.2, 0.25) is 0 Å². The van der Waals surface area contributed by atoms with Crippen molar-refractivity contribution < 1.29 is 0 Å². The number of benzene rings is 2. The molecule has 3 rings (SSSR count). The molecular formula is C26H30N2. The SMILES string of the molecule is CCCC[C@H]1CC[C@H](c2ccc(-c3ccc(CC)cc3)c(C#N)c2C#N)CC1. The van der Waals surface area contributed by atoms with Crippen LogP contribution in [0.3, 0.4) is 0 Å². The zero-order valence-electron chi connectivity index (χ0n) is 17.2. The number of nitriles is 2. The molecule has 144 valence electrons. The van der Waals surface area contributed by atoms with Crippen LogP contribution in [0.25, 0.3) is 11.1 Å². The molecular weight excluding hydrogens is 340 g/mol. The summed E-state index contributed by atoms with van der Waals surface area (Å²) >= 11 is 0. The lowest BCUT2D eigenvalue weighted by Gasteiger charge is -2.29. The summed E-state index contributed by atoms with van der Waals surface area (Å²) in [5.41, 5.74) is 5.39. The Morgan fingerprint density at radius 1 is 0.857 bits per heavy atom. The van der Waals surface area contributed by atoms with Gasteiger partial charge in [-0.1, -0.05) is 69.5 Å². The molecule has 0 amide bonds. The second-order valence-electron chi connectivity index (χ2n) is 8.09. The Hall–Kier alpha value is -2.58. The standard InChI is InChI=1S/C26H30N2/c1-3-5-6-20-9-13-22(14-10-20)24-16-15-23(25(17-27)26(24)18-28)21-11-7-19(4-2)8-12-21/h7-8,11-12,15-16,20,22H,3-6,9-10,13-14H2,1-2H3/t20-,22-. The van der Waals surface area contributed by atoms with E-state index in [0.29, 0.717) is 17.0 Å². The number of aryl methyl sites for hydroxylation is 1. The lowest BCUT2D eigenvalue weighted by atomic mass is 9.75. The molecule has 0 aliphatic heterocycles. The van der Waals surface area contributed by atoms with Crippen LogP contribution >= 0.6 is 0 Å². The molecule has 1 aliphatic carbocycles. The van der Waals surface area contributed by atoms with Crippen LogP contribution in [-0.2, 0) is 6.42 Å². The Labute approximate surface area is 169 Å². The van der Waals surface area contributed by atoms with Gasteiger partial charge < -0.3 is 0 Å². The maximum absolute atomic E-state index is 9.88. The lowest BCUT2D eigenvalue weighted by Crippen LogP contribution is -2.15. The molecule has 0 saturated heterocycles. The molecule has 0 atom stereocenters. The van der Waals surface area contributed by atoms with Gasteiger partial charge in [-0.15, -0.1) is 0 Å². The van der Waals surface area contributed by atoms with Gasteiger partial charge in [0, 0.05) is 5.56 Å². The van der Waals surface area contributed by atoms with Gasteiger partial charge in [0.1, 0.15) is 12.1 Å². The van der Waals surface area contributed by atoms with E-state index < -0.39 is 0 Å². The van der Waals surface area contributed by atoms with E-state index in [1.54, 1.807) is 0 Å². The number of nitrogens with zero attached hydrogens (tertiary/aromatic N) is 2. The maximum atomic E-state index is 9.88. The predicted octanol–water partition coefficient (Wildman–Crippen LogP) is 7.12. The molecule has 2 aromatic rings. The molecule has 1 fully saturated rings. The van der Waals surface area contributed by atoms with Gasteiger partial charge >= 0.3 is 0 Å². The molecule has 1 saturated carbocycles. The van der Waals surface area contributed by atoms with Gasteiger partial charge in [0.05, 0.1) is 11.1 Å². The molecule has 28 heavy (non-hydrogen) atoms. The highest BCUT2D eigenvalue weighted by Gasteiger charge is 2.26. The summed E-state index contributed by atoms with van der Waals surface area (Å²) in [7, 11) is 0. The zero-order valence-corrected chi connectivity index (χ0v) is 17.2. The highest BCUT2D eigenvalue weighted by atomic mass is 14.3. The smallest absolute Gasteiger partial charge is 0.101 e. The molecule has 1 aliphatic rings. The van der Waals surface area contributed by atoms with Crippen molar-refractivity contribution in [3.63, 3.8) is 0 Å². The van der Waals surface area contributed by atoms with Crippen LogP contribution in [-0.4, -0.2) is 0 Å². The minimum atomic E-state index is 0.413. The summed E-state index contributed by atoms with van der Waals surface area (Å²) in [6.07, 6.45) is 9.69. The van der Waals surface area contributed by atoms with Crippen LogP contribution in [0.15, 0.2) is 36.4 Å². The van der Waals surface area contributed by atoms with E-state index in [0.717, 1.165) is 41.9 Å². The minimum Gasteiger partial charge on any atom is -0.192 e. The molecule has 0 N–H and O–H groups in total. The largest absolute Gasteiger partial charge is 0.192 e. The highest BCUT2D eigenvalue weighted by molar-refractivity contribution is 5.75. The van der Waals surface area contributed by atoms with Gasteiger partial charge in [-0.25, -0.2) is 0 Å². The summed E-state index contributed by atoms with van der Waals surface area (Å²) < 4.78 is 0. The third-order valence-electron chi connectivity index (χ3n) is 6.39. The molecule has 2 heteroatoms. The summed E-state index contributed by atoms with van der Waals surface area (Å²) in [4.78, 5) is 0. The zero-order chi connectivity index (χ0) is 19.9. The molecule has 0 radical (unpaired) electrons. The fraction of sp³-hybridized carbons (Fsp3) is 0.462. The van der Waals surface area contributed by atoms with E-state index in [9.17, 15) is 10.5 Å². The third-order valence-corrected chi connectivity index (χ3v) is 6.39. The third kappa shape index (κ3) is 4.28. The maximum Gasteiger partial charge on any atom is 0.101 e. The first-order valence-electron chi connectivity index (χ1n) is 10.8. The van der Waals surface area contributed by atoms with E-state index in [-0.39, 0.29) is 0 Å². The van der Waals surface area contributed by atoms with Crippen molar-refractivity contribution in [3.8, 4) is 23.3 Å². The monoisotopic (exact) mass is 370 g/mol. The Morgan fingerprint density at radius 2 is 1.54 bits per heavy atom. The molecule has 0 aromatic heterocycles. The average molecular weight is 371 g/mol. The van der Waals surface area contributed by atoms with Crippen LogP contribution in [0.5, 0.6) is 0 Å². The van der Waals surface area contributed by atoms with Crippen molar-refractivity contribution in [2.45, 2.75) is 71.1 Å². The topological polar surface area (TPSA) is 47.6 Å². The van der Waals surface area contributed by atoms with Gasteiger partial charge in [0.2, 0.25) is 0 Å². The van der Waals surface area contributed by atoms with E-state index >= 15 is 0 Å². The van der Waals surface area contributed by atoms with Gasteiger partial charge in [-0.3, -0.25) is 0 Å². The first-order chi connectivity index (χ1) is 13.7. The molecule has 0 heterocycles. The predicted molar refractivity (Wildman–Crippen MR) is 115 cm³/mol. The lowest BCUT2D eigenvalue weighted by molar-refractivity contribution is 0.304. The van der Waals surface area contributed by atoms with Gasteiger partial charge in [-0.2, -0.15) is 10.5 Å². The van der Waals surface area contributed by atoms with Gasteiger partial charge in [0.25, 0.3) is 0 Å². The Bertz CT molecular complexity index is 872. The van der Waals surface area contributed by atoms with Crippen molar-refractivity contribution in [1.29, 1.82) is 10.5 Å². The number of rotatable bonds is 6. The van der Waals surface area contributed by atoms with Gasteiger partial charge in [0.15, 0.2) is 0 Å². The average Bonchev–Trinajstić information content (AvgIpc) is 2.77. The van der Waals surface area contributed by atoms with Crippen molar-refractivity contribution in [2.75, 3.05) is 0 Å². The number of hydrogen-bond acceptors (Lipinski definition) is 2. The van der Waals surface area contributed by atoms with Crippen LogP contribution in [0.4, 0.5) is 0 Å². The Kier molecular flexibility index (Phi) is 6.89. The van der Waals surface area contributed by atoms with E-state index in [1.165, 1.54) is 37.7 Å². The molecule has 0 bridgehead atoms. The summed E-state index contributed by atoms with van der Waals surface area (Å²) in [5, 5.41) is 19.7. The summed E-state index contributed by atoms with van der Waals surface area (Å²) in [5.74, 6) is 1.25. The van der Waals surface area contributed by atoms with Crippen molar-refractivity contribution in [2.24, 2.45) is 5.92 Å². The molecule has 2 nitrogen and oxygen atoms in total. The Morgan fingerprint density at radius 3 is 2.11 bits per heavy atom. The van der Waals surface area contributed by atoms with Crippen molar-refractivity contribution >= 4 is 0 Å².